The highest BCUT2D eigenvalue weighted by Gasteiger charge is 2.25. The molecule has 0 spiro atoms. The topological polar surface area (TPSA) is 81.8 Å². The minimum Gasteiger partial charge on any atom is -0.271 e. The van der Waals surface area contributed by atoms with Crippen LogP contribution in [0, 0.1) is 19.8 Å². The van der Waals surface area contributed by atoms with E-state index in [4.69, 9.17) is 0 Å². The summed E-state index contributed by atoms with van der Waals surface area (Å²) in [5, 5.41) is 4.85. The molecule has 3 heterocycles. The normalized spacial score (nSPS) is 17.7. The molecular formula is C19H23N5O2S. The van der Waals surface area contributed by atoms with Crippen LogP contribution in [0.25, 0.3) is 10.2 Å². The minimum absolute atomic E-state index is 0.192. The molecule has 0 aromatic carbocycles. The maximum Gasteiger partial charge on any atom is 0.281 e. The second-order valence-electron chi connectivity index (χ2n) is 7.40. The summed E-state index contributed by atoms with van der Waals surface area (Å²) in [5.74, 6) is 0.814. The van der Waals surface area contributed by atoms with Gasteiger partial charge in [-0.25, -0.2) is 9.66 Å². The van der Waals surface area contributed by atoms with Crippen LogP contribution in [0.15, 0.2) is 17.1 Å². The van der Waals surface area contributed by atoms with Gasteiger partial charge in [0.1, 0.15) is 16.7 Å². The van der Waals surface area contributed by atoms with E-state index in [1.54, 1.807) is 36.1 Å². The van der Waals surface area contributed by atoms with Crippen LogP contribution in [0.3, 0.4) is 0 Å². The van der Waals surface area contributed by atoms with Crippen LogP contribution in [0.2, 0.25) is 0 Å². The van der Waals surface area contributed by atoms with Gasteiger partial charge in [0.05, 0.1) is 5.39 Å². The molecule has 142 valence electrons. The Bertz CT molecular complexity index is 1090. The van der Waals surface area contributed by atoms with E-state index in [1.165, 1.54) is 9.55 Å². The van der Waals surface area contributed by atoms with Crippen molar-refractivity contribution in [3.05, 3.63) is 44.6 Å². The molecule has 3 aromatic rings. The molecule has 1 N–H and O–H groups in total. The third-order valence-electron chi connectivity index (χ3n) is 5.33. The molecule has 3 aromatic heterocycles. The first-order valence-corrected chi connectivity index (χ1v) is 10.0. The standard InChI is InChI=1S/C19H23N5O2S/c1-10-5-6-14-15(9-10)27-18-16(14)19(26)24(13(4)21-18)22-17(25)12(3)23-11(2)7-8-20-23/h7-8,10,12H,5-6,9H2,1-4H3,(H,22,25)/t10-,12+/m0/s1. The highest BCUT2D eigenvalue weighted by Crippen LogP contribution is 2.35. The third-order valence-corrected chi connectivity index (χ3v) is 6.48. The van der Waals surface area contributed by atoms with Crippen LogP contribution in [-0.2, 0) is 17.6 Å². The van der Waals surface area contributed by atoms with E-state index in [0.717, 1.165) is 35.4 Å². The van der Waals surface area contributed by atoms with Crippen LogP contribution in [-0.4, -0.2) is 25.3 Å². The average Bonchev–Trinajstić information content (AvgIpc) is 3.20. The summed E-state index contributed by atoms with van der Waals surface area (Å²) < 4.78 is 2.92. The van der Waals surface area contributed by atoms with Gasteiger partial charge in [-0.05, 0) is 57.6 Å². The largest absolute Gasteiger partial charge is 0.281 e. The number of aryl methyl sites for hydroxylation is 3. The first-order valence-electron chi connectivity index (χ1n) is 9.21. The molecule has 0 saturated carbocycles. The van der Waals surface area contributed by atoms with E-state index < -0.39 is 6.04 Å². The minimum atomic E-state index is -0.528. The summed E-state index contributed by atoms with van der Waals surface area (Å²) in [6, 6.07) is 1.31. The van der Waals surface area contributed by atoms with Crippen LogP contribution in [0.1, 0.15) is 48.3 Å². The van der Waals surface area contributed by atoms with Gasteiger partial charge in [-0.15, -0.1) is 11.3 Å². The fraction of sp³-hybridized carbons (Fsp3) is 0.474. The Kier molecular flexibility index (Phi) is 4.38. The predicted molar refractivity (Wildman–Crippen MR) is 106 cm³/mol. The molecule has 27 heavy (non-hydrogen) atoms. The van der Waals surface area contributed by atoms with E-state index in [-0.39, 0.29) is 11.5 Å². The molecule has 7 nitrogen and oxygen atoms in total. The van der Waals surface area contributed by atoms with Crippen molar-refractivity contribution in [1.29, 1.82) is 0 Å². The second-order valence-corrected chi connectivity index (χ2v) is 8.48. The smallest absolute Gasteiger partial charge is 0.271 e. The number of carbonyl (C=O) groups is 1. The van der Waals surface area contributed by atoms with Gasteiger partial charge in [-0.3, -0.25) is 19.7 Å². The van der Waals surface area contributed by atoms with Gasteiger partial charge in [0, 0.05) is 16.8 Å². The molecule has 8 heteroatoms. The number of amides is 1. The van der Waals surface area contributed by atoms with Gasteiger partial charge in [0.15, 0.2) is 0 Å². The quantitative estimate of drug-likeness (QED) is 0.752. The number of rotatable bonds is 3. The van der Waals surface area contributed by atoms with Gasteiger partial charge in [0.25, 0.3) is 11.5 Å². The Balaban J connectivity index is 1.73. The molecule has 2 atom stereocenters. The van der Waals surface area contributed by atoms with Crippen molar-refractivity contribution in [2.24, 2.45) is 5.92 Å². The first kappa shape index (κ1) is 17.9. The van der Waals surface area contributed by atoms with Crippen molar-refractivity contribution in [3.8, 4) is 0 Å². The lowest BCUT2D eigenvalue weighted by Crippen LogP contribution is -2.39. The molecule has 1 aliphatic carbocycles. The molecule has 0 radical (unpaired) electrons. The van der Waals surface area contributed by atoms with Crippen LogP contribution >= 0.6 is 11.3 Å². The fourth-order valence-electron chi connectivity index (χ4n) is 3.72. The number of nitrogens with one attached hydrogen (secondary N) is 1. The average molecular weight is 385 g/mol. The number of hydrogen-bond donors (Lipinski definition) is 1. The van der Waals surface area contributed by atoms with Gasteiger partial charge >= 0.3 is 0 Å². The van der Waals surface area contributed by atoms with Crippen molar-refractivity contribution >= 4 is 27.5 Å². The molecule has 0 unspecified atom stereocenters. The number of nitrogens with zero attached hydrogens (tertiary/aromatic N) is 4. The van der Waals surface area contributed by atoms with Gasteiger partial charge in [-0.1, -0.05) is 6.92 Å². The van der Waals surface area contributed by atoms with Crippen molar-refractivity contribution in [1.82, 2.24) is 19.4 Å². The Morgan fingerprint density at radius 1 is 1.41 bits per heavy atom. The van der Waals surface area contributed by atoms with Crippen molar-refractivity contribution in [3.63, 3.8) is 0 Å². The summed E-state index contributed by atoms with van der Waals surface area (Å²) >= 11 is 1.61. The Labute approximate surface area is 161 Å². The Morgan fingerprint density at radius 2 is 2.19 bits per heavy atom. The van der Waals surface area contributed by atoms with E-state index in [0.29, 0.717) is 17.1 Å². The fourth-order valence-corrected chi connectivity index (χ4v) is 5.14. The van der Waals surface area contributed by atoms with Crippen molar-refractivity contribution in [2.45, 2.75) is 53.0 Å². The lowest BCUT2D eigenvalue weighted by Gasteiger charge is -2.18. The summed E-state index contributed by atoms with van der Waals surface area (Å²) in [5.41, 5.74) is 4.55. The summed E-state index contributed by atoms with van der Waals surface area (Å²) in [7, 11) is 0. The van der Waals surface area contributed by atoms with E-state index >= 15 is 0 Å². The first-order chi connectivity index (χ1) is 12.9. The summed E-state index contributed by atoms with van der Waals surface area (Å²) in [4.78, 5) is 32.5. The highest BCUT2D eigenvalue weighted by molar-refractivity contribution is 7.18. The summed E-state index contributed by atoms with van der Waals surface area (Å²) in [6.07, 6.45) is 4.63. The van der Waals surface area contributed by atoms with E-state index in [1.807, 2.05) is 13.0 Å². The molecule has 0 saturated heterocycles. The lowest BCUT2D eigenvalue weighted by atomic mass is 9.89. The van der Waals surface area contributed by atoms with Crippen LogP contribution < -0.4 is 11.0 Å². The number of hydrogen-bond acceptors (Lipinski definition) is 5. The van der Waals surface area contributed by atoms with Crippen LogP contribution in [0.4, 0.5) is 0 Å². The van der Waals surface area contributed by atoms with Crippen molar-refractivity contribution in [2.75, 3.05) is 5.43 Å². The Hall–Kier alpha value is -2.48. The second kappa shape index (κ2) is 6.60. The van der Waals surface area contributed by atoms with E-state index in [9.17, 15) is 9.59 Å². The number of carbonyl (C=O) groups excluding carboxylic acids is 1. The van der Waals surface area contributed by atoms with Crippen LogP contribution in [0.5, 0.6) is 0 Å². The van der Waals surface area contributed by atoms with Gasteiger partial charge in [-0.2, -0.15) is 5.10 Å². The maximum atomic E-state index is 13.2. The SMILES string of the molecule is Cc1ccnn1[C@H](C)C(=O)Nn1c(C)nc2sc3c(c2c1=O)CC[C@H](C)C3. The predicted octanol–water partition coefficient (Wildman–Crippen LogP) is 2.73. The van der Waals surface area contributed by atoms with E-state index in [2.05, 4.69) is 22.4 Å². The van der Waals surface area contributed by atoms with Crippen molar-refractivity contribution < 1.29 is 4.79 Å². The number of thiophene rings is 1. The molecule has 4 rings (SSSR count). The number of fused-ring (bicyclic) bond motifs is 3. The molecule has 0 fully saturated rings. The molecule has 1 amide bonds. The highest BCUT2D eigenvalue weighted by atomic mass is 32.1. The maximum absolute atomic E-state index is 13.2. The molecule has 0 bridgehead atoms. The molecule has 0 aliphatic heterocycles. The monoisotopic (exact) mass is 385 g/mol. The number of aromatic nitrogens is 4. The van der Waals surface area contributed by atoms with Gasteiger partial charge < -0.3 is 0 Å². The zero-order valence-electron chi connectivity index (χ0n) is 15.9. The summed E-state index contributed by atoms with van der Waals surface area (Å²) in [6.45, 7) is 7.63. The van der Waals surface area contributed by atoms with Gasteiger partial charge in [0.2, 0.25) is 0 Å². The molecule has 1 aliphatic rings. The zero-order valence-corrected chi connectivity index (χ0v) is 16.8. The third kappa shape index (κ3) is 2.97. The lowest BCUT2D eigenvalue weighted by molar-refractivity contribution is -0.120. The molecular weight excluding hydrogens is 362 g/mol. The zero-order chi connectivity index (χ0) is 19.3. The Morgan fingerprint density at radius 3 is 2.89 bits per heavy atom.